The molecular formula is C19H22O2. The third-order valence-electron chi connectivity index (χ3n) is 3.45. The standard InChI is InChI=1S/C19H22O2/c1-14(2)13-19(15-5-9-17(20-3)10-6-15)16-7-11-18(21-4)12-8-16/h5-13,19H,1-4H3. The zero-order valence-corrected chi connectivity index (χ0v) is 13.1. The van der Waals surface area contributed by atoms with Gasteiger partial charge < -0.3 is 9.47 Å². The molecule has 0 heterocycles. The maximum Gasteiger partial charge on any atom is 0.118 e. The van der Waals surface area contributed by atoms with Crippen LogP contribution >= 0.6 is 0 Å². The van der Waals surface area contributed by atoms with Crippen LogP contribution in [0.25, 0.3) is 0 Å². The molecule has 0 aromatic heterocycles. The van der Waals surface area contributed by atoms with Gasteiger partial charge in [-0.3, -0.25) is 0 Å². The van der Waals surface area contributed by atoms with Crippen molar-refractivity contribution in [1.29, 1.82) is 0 Å². The first-order valence-electron chi connectivity index (χ1n) is 7.07. The molecule has 0 fully saturated rings. The molecule has 0 spiro atoms. The average molecular weight is 282 g/mol. The minimum Gasteiger partial charge on any atom is -0.497 e. The van der Waals surface area contributed by atoms with Crippen LogP contribution in [0, 0.1) is 0 Å². The van der Waals surface area contributed by atoms with E-state index in [4.69, 9.17) is 9.47 Å². The Balaban J connectivity index is 2.38. The zero-order valence-electron chi connectivity index (χ0n) is 13.1. The third-order valence-corrected chi connectivity index (χ3v) is 3.45. The van der Waals surface area contributed by atoms with Crippen LogP contribution < -0.4 is 9.47 Å². The summed E-state index contributed by atoms with van der Waals surface area (Å²) in [6, 6.07) is 16.5. The number of hydrogen-bond acceptors (Lipinski definition) is 2. The lowest BCUT2D eigenvalue weighted by Gasteiger charge is -2.16. The van der Waals surface area contributed by atoms with E-state index in [0.29, 0.717) is 0 Å². The molecule has 0 amide bonds. The largest absolute Gasteiger partial charge is 0.497 e. The molecule has 2 rings (SSSR count). The Labute approximate surface area is 127 Å². The smallest absolute Gasteiger partial charge is 0.118 e. The van der Waals surface area contributed by atoms with Crippen LogP contribution in [0.1, 0.15) is 30.9 Å². The Morgan fingerprint density at radius 1 is 0.762 bits per heavy atom. The van der Waals surface area contributed by atoms with E-state index >= 15 is 0 Å². The molecule has 0 N–H and O–H groups in total. The van der Waals surface area contributed by atoms with Crippen molar-refractivity contribution in [3.8, 4) is 11.5 Å². The van der Waals surface area contributed by atoms with Crippen LogP contribution in [0.5, 0.6) is 11.5 Å². The van der Waals surface area contributed by atoms with Gasteiger partial charge in [-0.05, 0) is 49.2 Å². The van der Waals surface area contributed by atoms with Crippen LogP contribution in [0.4, 0.5) is 0 Å². The van der Waals surface area contributed by atoms with Crippen LogP contribution in [0.15, 0.2) is 60.2 Å². The molecule has 0 saturated carbocycles. The zero-order chi connectivity index (χ0) is 15.2. The van der Waals surface area contributed by atoms with Crippen molar-refractivity contribution in [3.63, 3.8) is 0 Å². The van der Waals surface area contributed by atoms with Gasteiger partial charge in [0.05, 0.1) is 14.2 Å². The predicted molar refractivity (Wildman–Crippen MR) is 87.3 cm³/mol. The first kappa shape index (κ1) is 15.2. The molecule has 0 saturated heterocycles. The summed E-state index contributed by atoms with van der Waals surface area (Å²) in [5.74, 6) is 2.00. The number of methoxy groups -OCH3 is 2. The summed E-state index contributed by atoms with van der Waals surface area (Å²) in [5.41, 5.74) is 3.80. The van der Waals surface area contributed by atoms with Gasteiger partial charge in [0.1, 0.15) is 11.5 Å². The molecule has 0 atom stereocenters. The molecule has 21 heavy (non-hydrogen) atoms. The van der Waals surface area contributed by atoms with E-state index in [2.05, 4.69) is 44.2 Å². The van der Waals surface area contributed by atoms with Gasteiger partial charge >= 0.3 is 0 Å². The van der Waals surface area contributed by atoms with Crippen molar-refractivity contribution in [2.75, 3.05) is 14.2 Å². The average Bonchev–Trinajstić information content (AvgIpc) is 2.53. The summed E-state index contributed by atoms with van der Waals surface area (Å²) in [6.45, 7) is 4.25. The Hall–Kier alpha value is -2.22. The number of hydrogen-bond donors (Lipinski definition) is 0. The second-order valence-electron chi connectivity index (χ2n) is 5.27. The summed E-state index contributed by atoms with van der Waals surface area (Å²) in [7, 11) is 3.37. The first-order valence-corrected chi connectivity index (χ1v) is 7.07. The topological polar surface area (TPSA) is 18.5 Å². The summed E-state index contributed by atoms with van der Waals surface area (Å²) < 4.78 is 10.5. The van der Waals surface area contributed by atoms with E-state index in [1.165, 1.54) is 16.7 Å². The summed E-state index contributed by atoms with van der Waals surface area (Å²) in [5, 5.41) is 0. The predicted octanol–water partition coefficient (Wildman–Crippen LogP) is 4.80. The van der Waals surface area contributed by atoms with Crippen LogP contribution in [-0.4, -0.2) is 14.2 Å². The molecule has 0 aliphatic carbocycles. The SMILES string of the molecule is COc1ccc(C(C=C(C)C)c2ccc(OC)cc2)cc1. The molecule has 2 heteroatoms. The van der Waals surface area contributed by atoms with Crippen molar-refractivity contribution in [1.82, 2.24) is 0 Å². The number of allylic oxidation sites excluding steroid dienone is 2. The van der Waals surface area contributed by atoms with E-state index in [1.54, 1.807) is 14.2 Å². The Morgan fingerprint density at radius 3 is 1.43 bits per heavy atom. The van der Waals surface area contributed by atoms with Crippen molar-refractivity contribution in [3.05, 3.63) is 71.3 Å². The Kier molecular flexibility index (Phi) is 5.04. The normalized spacial score (nSPS) is 10.3. The molecule has 2 nitrogen and oxygen atoms in total. The van der Waals surface area contributed by atoms with Gasteiger partial charge in [-0.2, -0.15) is 0 Å². The number of rotatable bonds is 5. The van der Waals surface area contributed by atoms with Gasteiger partial charge in [0.15, 0.2) is 0 Å². The minimum atomic E-state index is 0.242. The van der Waals surface area contributed by atoms with Crippen LogP contribution in [0.2, 0.25) is 0 Å². The minimum absolute atomic E-state index is 0.242. The fraction of sp³-hybridized carbons (Fsp3) is 0.263. The van der Waals surface area contributed by atoms with Crippen LogP contribution in [0.3, 0.4) is 0 Å². The van der Waals surface area contributed by atoms with Crippen molar-refractivity contribution in [2.45, 2.75) is 19.8 Å². The molecule has 0 radical (unpaired) electrons. The highest BCUT2D eigenvalue weighted by Crippen LogP contribution is 2.29. The monoisotopic (exact) mass is 282 g/mol. The Bertz CT molecular complexity index is 543. The second-order valence-corrected chi connectivity index (χ2v) is 5.27. The highest BCUT2D eigenvalue weighted by atomic mass is 16.5. The van der Waals surface area contributed by atoms with Gasteiger partial charge in [0.25, 0.3) is 0 Å². The summed E-state index contributed by atoms with van der Waals surface area (Å²) in [6.07, 6.45) is 2.28. The lowest BCUT2D eigenvalue weighted by atomic mass is 9.89. The maximum absolute atomic E-state index is 5.23. The molecule has 0 aliphatic heterocycles. The van der Waals surface area contributed by atoms with Gasteiger partial charge in [-0.1, -0.05) is 35.9 Å². The molecule has 0 unspecified atom stereocenters. The quantitative estimate of drug-likeness (QED) is 0.733. The lowest BCUT2D eigenvalue weighted by Crippen LogP contribution is -1.99. The second kappa shape index (κ2) is 6.98. The number of ether oxygens (including phenoxy) is 2. The van der Waals surface area contributed by atoms with E-state index in [1.807, 2.05) is 24.3 Å². The third kappa shape index (κ3) is 3.88. The maximum atomic E-state index is 5.23. The van der Waals surface area contributed by atoms with Gasteiger partial charge in [0.2, 0.25) is 0 Å². The molecular weight excluding hydrogens is 260 g/mol. The summed E-state index contributed by atoms with van der Waals surface area (Å²) >= 11 is 0. The highest BCUT2D eigenvalue weighted by Gasteiger charge is 2.12. The van der Waals surface area contributed by atoms with Crippen molar-refractivity contribution >= 4 is 0 Å². The van der Waals surface area contributed by atoms with Crippen LogP contribution in [-0.2, 0) is 0 Å². The van der Waals surface area contributed by atoms with Gasteiger partial charge in [0, 0.05) is 5.92 Å². The fourth-order valence-electron chi connectivity index (χ4n) is 2.34. The molecule has 110 valence electrons. The Morgan fingerprint density at radius 2 is 1.14 bits per heavy atom. The molecule has 2 aromatic carbocycles. The van der Waals surface area contributed by atoms with Crippen molar-refractivity contribution < 1.29 is 9.47 Å². The number of benzene rings is 2. The van der Waals surface area contributed by atoms with E-state index in [9.17, 15) is 0 Å². The van der Waals surface area contributed by atoms with E-state index in [-0.39, 0.29) is 5.92 Å². The molecule has 0 aliphatic rings. The van der Waals surface area contributed by atoms with Gasteiger partial charge in [-0.15, -0.1) is 0 Å². The summed E-state index contributed by atoms with van der Waals surface area (Å²) in [4.78, 5) is 0. The van der Waals surface area contributed by atoms with E-state index < -0.39 is 0 Å². The van der Waals surface area contributed by atoms with Crippen molar-refractivity contribution in [2.24, 2.45) is 0 Å². The first-order chi connectivity index (χ1) is 10.1. The fourth-order valence-corrected chi connectivity index (χ4v) is 2.34. The molecule has 2 aromatic rings. The van der Waals surface area contributed by atoms with E-state index in [0.717, 1.165) is 11.5 Å². The molecule has 0 bridgehead atoms. The van der Waals surface area contributed by atoms with Gasteiger partial charge in [-0.25, -0.2) is 0 Å². The lowest BCUT2D eigenvalue weighted by molar-refractivity contribution is 0.414. The highest BCUT2D eigenvalue weighted by molar-refractivity contribution is 5.41.